The molecule has 1 N–H and O–H groups in total. The SMILES string of the molecule is O=C(NC1CCN(C(=O)CCc2ccccc2)CC1)c1cccc(F)c1. The number of carbonyl (C=O) groups excluding carboxylic acids is 2. The number of rotatable bonds is 5. The second kappa shape index (κ2) is 8.61. The summed E-state index contributed by atoms with van der Waals surface area (Å²) in [5.41, 5.74) is 1.49. The van der Waals surface area contributed by atoms with E-state index in [1.165, 1.54) is 18.2 Å². The van der Waals surface area contributed by atoms with Gasteiger partial charge in [-0.25, -0.2) is 4.39 Å². The third-order valence-electron chi connectivity index (χ3n) is 4.74. The molecule has 4 nitrogen and oxygen atoms in total. The second-order valence-electron chi connectivity index (χ2n) is 6.62. The minimum Gasteiger partial charge on any atom is -0.349 e. The molecule has 1 aliphatic heterocycles. The van der Waals surface area contributed by atoms with Crippen molar-refractivity contribution in [2.45, 2.75) is 31.7 Å². The van der Waals surface area contributed by atoms with Gasteiger partial charge in [-0.2, -0.15) is 0 Å². The topological polar surface area (TPSA) is 49.4 Å². The van der Waals surface area contributed by atoms with Gasteiger partial charge in [-0.3, -0.25) is 9.59 Å². The Labute approximate surface area is 153 Å². The summed E-state index contributed by atoms with van der Waals surface area (Å²) in [5.74, 6) is -0.529. The lowest BCUT2D eigenvalue weighted by molar-refractivity contribution is -0.132. The molecule has 0 radical (unpaired) electrons. The first-order valence-electron chi connectivity index (χ1n) is 9.00. The van der Waals surface area contributed by atoms with E-state index in [4.69, 9.17) is 0 Å². The average Bonchev–Trinajstić information content (AvgIpc) is 2.67. The minimum absolute atomic E-state index is 0.0175. The van der Waals surface area contributed by atoms with Gasteiger partial charge in [0, 0.05) is 31.1 Å². The molecular weight excluding hydrogens is 331 g/mol. The molecule has 2 aromatic carbocycles. The quantitative estimate of drug-likeness (QED) is 0.897. The van der Waals surface area contributed by atoms with Crippen LogP contribution in [0.4, 0.5) is 4.39 Å². The maximum atomic E-state index is 13.2. The molecule has 0 spiro atoms. The van der Waals surface area contributed by atoms with Crippen LogP contribution in [0, 0.1) is 5.82 Å². The fourth-order valence-electron chi connectivity index (χ4n) is 3.23. The van der Waals surface area contributed by atoms with Crippen LogP contribution in [0.1, 0.15) is 35.2 Å². The molecule has 1 aliphatic rings. The lowest BCUT2D eigenvalue weighted by atomic mass is 10.0. The van der Waals surface area contributed by atoms with Gasteiger partial charge in [-0.05, 0) is 43.0 Å². The van der Waals surface area contributed by atoms with E-state index in [2.05, 4.69) is 5.32 Å². The lowest BCUT2D eigenvalue weighted by Gasteiger charge is -2.32. The third-order valence-corrected chi connectivity index (χ3v) is 4.74. The third kappa shape index (κ3) is 4.91. The Morgan fingerprint density at radius 1 is 1.04 bits per heavy atom. The van der Waals surface area contributed by atoms with E-state index in [-0.39, 0.29) is 17.9 Å². The van der Waals surface area contributed by atoms with Crippen molar-refractivity contribution in [1.29, 1.82) is 0 Å². The molecule has 0 atom stereocenters. The predicted molar refractivity (Wildman–Crippen MR) is 98.2 cm³/mol. The number of hydrogen-bond donors (Lipinski definition) is 1. The highest BCUT2D eigenvalue weighted by Gasteiger charge is 2.24. The zero-order valence-electron chi connectivity index (χ0n) is 14.7. The molecule has 2 aromatic rings. The van der Waals surface area contributed by atoms with Crippen molar-refractivity contribution in [2.75, 3.05) is 13.1 Å². The Morgan fingerprint density at radius 2 is 1.77 bits per heavy atom. The zero-order chi connectivity index (χ0) is 18.4. The Balaban J connectivity index is 1.43. The molecule has 1 heterocycles. The largest absolute Gasteiger partial charge is 0.349 e. The van der Waals surface area contributed by atoms with Gasteiger partial charge < -0.3 is 10.2 Å². The van der Waals surface area contributed by atoms with Gasteiger partial charge in [0.25, 0.3) is 5.91 Å². The minimum atomic E-state index is -0.420. The van der Waals surface area contributed by atoms with E-state index in [9.17, 15) is 14.0 Å². The Bertz CT molecular complexity index is 756. The van der Waals surface area contributed by atoms with Crippen molar-refractivity contribution in [3.63, 3.8) is 0 Å². The van der Waals surface area contributed by atoms with Gasteiger partial charge in [0.2, 0.25) is 5.91 Å². The molecule has 0 bridgehead atoms. The molecule has 1 fully saturated rings. The molecule has 26 heavy (non-hydrogen) atoms. The van der Waals surface area contributed by atoms with Gasteiger partial charge in [0.15, 0.2) is 0 Å². The van der Waals surface area contributed by atoms with Crippen LogP contribution in [0.15, 0.2) is 54.6 Å². The van der Waals surface area contributed by atoms with Crippen molar-refractivity contribution < 1.29 is 14.0 Å². The fraction of sp³-hybridized carbons (Fsp3) is 0.333. The number of carbonyl (C=O) groups is 2. The molecule has 0 aromatic heterocycles. The Kier molecular flexibility index (Phi) is 6.00. The van der Waals surface area contributed by atoms with E-state index in [1.54, 1.807) is 6.07 Å². The number of amides is 2. The van der Waals surface area contributed by atoms with Crippen molar-refractivity contribution >= 4 is 11.8 Å². The average molecular weight is 354 g/mol. The summed E-state index contributed by atoms with van der Waals surface area (Å²) in [6.45, 7) is 1.28. The molecular formula is C21H23FN2O2. The zero-order valence-corrected chi connectivity index (χ0v) is 14.7. The highest BCUT2D eigenvalue weighted by Crippen LogP contribution is 2.14. The summed E-state index contributed by atoms with van der Waals surface area (Å²) in [6.07, 6.45) is 2.69. The Morgan fingerprint density at radius 3 is 2.46 bits per heavy atom. The van der Waals surface area contributed by atoms with E-state index in [1.807, 2.05) is 35.2 Å². The molecule has 2 amide bonds. The van der Waals surface area contributed by atoms with Crippen LogP contribution in [0.5, 0.6) is 0 Å². The highest BCUT2D eigenvalue weighted by atomic mass is 19.1. The normalized spacial score (nSPS) is 14.9. The molecule has 0 aliphatic carbocycles. The number of benzene rings is 2. The summed E-state index contributed by atoms with van der Waals surface area (Å²) in [7, 11) is 0. The van der Waals surface area contributed by atoms with Crippen molar-refractivity contribution in [3.05, 3.63) is 71.5 Å². The van der Waals surface area contributed by atoms with Gasteiger partial charge in [0.05, 0.1) is 0 Å². The van der Waals surface area contributed by atoms with E-state index in [0.29, 0.717) is 25.1 Å². The first-order chi connectivity index (χ1) is 12.6. The van der Waals surface area contributed by atoms with Gasteiger partial charge in [-0.1, -0.05) is 36.4 Å². The Hall–Kier alpha value is -2.69. The monoisotopic (exact) mass is 354 g/mol. The van der Waals surface area contributed by atoms with Gasteiger partial charge in [0.1, 0.15) is 5.82 Å². The highest BCUT2D eigenvalue weighted by molar-refractivity contribution is 5.94. The van der Waals surface area contributed by atoms with Gasteiger partial charge >= 0.3 is 0 Å². The molecule has 5 heteroatoms. The van der Waals surface area contributed by atoms with Crippen LogP contribution in [0.2, 0.25) is 0 Å². The summed E-state index contributed by atoms with van der Waals surface area (Å²) in [5, 5.41) is 2.94. The number of likely N-dealkylation sites (tertiary alicyclic amines) is 1. The molecule has 3 rings (SSSR count). The first-order valence-corrected chi connectivity index (χ1v) is 9.00. The summed E-state index contributed by atoms with van der Waals surface area (Å²) in [4.78, 5) is 26.4. The maximum absolute atomic E-state index is 13.2. The molecule has 136 valence electrons. The number of aryl methyl sites for hydroxylation is 1. The summed E-state index contributed by atoms with van der Waals surface area (Å²) < 4.78 is 13.2. The number of nitrogens with zero attached hydrogens (tertiary/aromatic N) is 1. The second-order valence-corrected chi connectivity index (χ2v) is 6.62. The standard InChI is InChI=1S/C21H23FN2O2/c22-18-8-4-7-17(15-18)21(26)23-19-11-13-24(14-12-19)20(25)10-9-16-5-2-1-3-6-16/h1-8,15,19H,9-14H2,(H,23,26). The predicted octanol–water partition coefficient (Wildman–Crippen LogP) is 3.18. The molecule has 0 saturated carbocycles. The van der Waals surface area contributed by atoms with Crippen molar-refractivity contribution in [2.24, 2.45) is 0 Å². The van der Waals surface area contributed by atoms with Crippen LogP contribution < -0.4 is 5.32 Å². The number of nitrogens with one attached hydrogen (secondary N) is 1. The van der Waals surface area contributed by atoms with Crippen LogP contribution in [0.25, 0.3) is 0 Å². The fourth-order valence-corrected chi connectivity index (χ4v) is 3.23. The van der Waals surface area contributed by atoms with E-state index in [0.717, 1.165) is 24.8 Å². The number of halogens is 1. The van der Waals surface area contributed by atoms with Crippen LogP contribution in [-0.4, -0.2) is 35.8 Å². The van der Waals surface area contributed by atoms with E-state index < -0.39 is 5.82 Å². The van der Waals surface area contributed by atoms with E-state index >= 15 is 0 Å². The van der Waals surface area contributed by atoms with Gasteiger partial charge in [-0.15, -0.1) is 0 Å². The first kappa shape index (κ1) is 18.1. The van der Waals surface area contributed by atoms with Crippen LogP contribution in [0.3, 0.4) is 0 Å². The molecule has 0 unspecified atom stereocenters. The maximum Gasteiger partial charge on any atom is 0.251 e. The lowest BCUT2D eigenvalue weighted by Crippen LogP contribution is -2.46. The number of hydrogen-bond acceptors (Lipinski definition) is 2. The molecule has 1 saturated heterocycles. The summed E-state index contributed by atoms with van der Waals surface area (Å²) in [6, 6.07) is 15.7. The van der Waals surface area contributed by atoms with Crippen molar-refractivity contribution in [3.8, 4) is 0 Å². The number of piperidine rings is 1. The van der Waals surface area contributed by atoms with Crippen molar-refractivity contribution in [1.82, 2.24) is 10.2 Å². The van der Waals surface area contributed by atoms with Crippen LogP contribution >= 0.6 is 0 Å². The summed E-state index contributed by atoms with van der Waals surface area (Å²) >= 11 is 0. The van der Waals surface area contributed by atoms with Crippen LogP contribution in [-0.2, 0) is 11.2 Å². The smallest absolute Gasteiger partial charge is 0.251 e.